The van der Waals surface area contributed by atoms with Crippen molar-refractivity contribution in [3.63, 3.8) is 0 Å². The summed E-state index contributed by atoms with van der Waals surface area (Å²) in [6.07, 6.45) is -0.328. The standard InChI is InChI=1S/C24H24FN7O5/c1-13-28-17(9-19(29-13)24(35)27-11-14-4-5-15(25)20(8-14)36-3)18-10-21(37-31-18)16-6-7-23(34)32(30-16)12-22(33)26-2/h4-9,21H,10-12H2,1-3H3,(H,26,33)(H,27,35)/t21-/m1/s1. The van der Waals surface area contributed by atoms with Crippen LogP contribution in [0.5, 0.6) is 5.75 Å². The molecule has 3 heterocycles. The summed E-state index contributed by atoms with van der Waals surface area (Å²) in [5, 5.41) is 13.5. The maximum atomic E-state index is 13.6. The van der Waals surface area contributed by atoms with Gasteiger partial charge in [-0.25, -0.2) is 19.0 Å². The molecule has 0 aliphatic carbocycles. The molecule has 3 aromatic rings. The molecule has 13 heteroatoms. The average molecular weight is 509 g/mol. The predicted molar refractivity (Wildman–Crippen MR) is 128 cm³/mol. The van der Waals surface area contributed by atoms with E-state index in [-0.39, 0.29) is 36.9 Å². The van der Waals surface area contributed by atoms with Crippen LogP contribution in [0.2, 0.25) is 0 Å². The summed E-state index contributed by atoms with van der Waals surface area (Å²) in [6.45, 7) is 1.56. The van der Waals surface area contributed by atoms with Crippen LogP contribution in [0.15, 0.2) is 46.3 Å². The molecule has 1 aliphatic rings. The summed E-state index contributed by atoms with van der Waals surface area (Å²) >= 11 is 0. The van der Waals surface area contributed by atoms with E-state index in [4.69, 9.17) is 9.57 Å². The van der Waals surface area contributed by atoms with Gasteiger partial charge < -0.3 is 20.2 Å². The number of carbonyl (C=O) groups excluding carboxylic acids is 2. The molecule has 0 radical (unpaired) electrons. The second-order valence-electron chi connectivity index (χ2n) is 8.10. The molecule has 37 heavy (non-hydrogen) atoms. The van der Waals surface area contributed by atoms with E-state index in [1.54, 1.807) is 13.0 Å². The zero-order valence-corrected chi connectivity index (χ0v) is 20.3. The predicted octanol–water partition coefficient (Wildman–Crippen LogP) is 1.03. The maximum absolute atomic E-state index is 13.6. The van der Waals surface area contributed by atoms with E-state index in [0.717, 1.165) is 4.68 Å². The minimum atomic E-state index is -0.604. The Morgan fingerprint density at radius 3 is 2.78 bits per heavy atom. The van der Waals surface area contributed by atoms with E-state index < -0.39 is 23.4 Å². The van der Waals surface area contributed by atoms with Crippen molar-refractivity contribution in [2.24, 2.45) is 5.16 Å². The van der Waals surface area contributed by atoms with E-state index in [1.807, 2.05) is 0 Å². The summed E-state index contributed by atoms with van der Waals surface area (Å²) in [6, 6.07) is 8.63. The first-order chi connectivity index (χ1) is 17.8. The number of aryl methyl sites for hydroxylation is 1. The Morgan fingerprint density at radius 2 is 2.03 bits per heavy atom. The van der Waals surface area contributed by atoms with Gasteiger partial charge >= 0.3 is 0 Å². The molecule has 0 spiro atoms. The van der Waals surface area contributed by atoms with E-state index in [0.29, 0.717) is 28.5 Å². The fraction of sp³-hybridized carbons (Fsp3) is 0.292. The molecule has 0 unspecified atom stereocenters. The average Bonchev–Trinajstić information content (AvgIpc) is 3.39. The lowest BCUT2D eigenvalue weighted by Crippen LogP contribution is -2.32. The molecule has 2 amide bonds. The van der Waals surface area contributed by atoms with Crippen LogP contribution in [0.3, 0.4) is 0 Å². The molecule has 1 atom stereocenters. The van der Waals surface area contributed by atoms with E-state index >= 15 is 0 Å². The van der Waals surface area contributed by atoms with E-state index in [1.165, 1.54) is 44.5 Å². The number of hydrogen-bond acceptors (Lipinski definition) is 9. The second-order valence-corrected chi connectivity index (χ2v) is 8.10. The van der Waals surface area contributed by atoms with Crippen molar-refractivity contribution in [3.05, 3.63) is 81.0 Å². The van der Waals surface area contributed by atoms with Gasteiger partial charge in [-0.15, -0.1) is 0 Å². The molecule has 0 saturated heterocycles. The number of ether oxygens (including phenoxy) is 1. The Labute approximate surface area is 210 Å². The third kappa shape index (κ3) is 5.94. The molecule has 0 bridgehead atoms. The van der Waals surface area contributed by atoms with Crippen LogP contribution in [0.4, 0.5) is 4.39 Å². The summed E-state index contributed by atoms with van der Waals surface area (Å²) in [5.74, 6) is -0.869. The van der Waals surface area contributed by atoms with Gasteiger partial charge in [0, 0.05) is 26.1 Å². The van der Waals surface area contributed by atoms with E-state index in [9.17, 15) is 18.8 Å². The van der Waals surface area contributed by atoms with Gasteiger partial charge in [0.1, 0.15) is 29.5 Å². The molecular formula is C24H24FN7O5. The first-order valence-corrected chi connectivity index (χ1v) is 11.3. The third-order valence-corrected chi connectivity index (χ3v) is 5.49. The van der Waals surface area contributed by atoms with Gasteiger partial charge in [-0.3, -0.25) is 14.4 Å². The van der Waals surface area contributed by atoms with Gasteiger partial charge in [-0.1, -0.05) is 11.2 Å². The lowest BCUT2D eigenvalue weighted by Gasteiger charge is -2.10. The van der Waals surface area contributed by atoms with Crippen LogP contribution >= 0.6 is 0 Å². The van der Waals surface area contributed by atoms with Crippen LogP contribution in [0.1, 0.15) is 45.8 Å². The van der Waals surface area contributed by atoms with Crippen molar-refractivity contribution in [2.45, 2.75) is 32.5 Å². The van der Waals surface area contributed by atoms with Gasteiger partial charge in [-0.2, -0.15) is 5.10 Å². The van der Waals surface area contributed by atoms with Crippen molar-refractivity contribution >= 4 is 17.5 Å². The van der Waals surface area contributed by atoms with Crippen LogP contribution in [-0.2, 0) is 22.7 Å². The number of carbonyl (C=O) groups is 2. The highest BCUT2D eigenvalue weighted by Gasteiger charge is 2.27. The Hall–Kier alpha value is -4.68. The van der Waals surface area contributed by atoms with E-state index in [2.05, 4.69) is 30.9 Å². The Bertz CT molecular complexity index is 1440. The first-order valence-electron chi connectivity index (χ1n) is 11.3. The number of halogens is 1. The topological polar surface area (TPSA) is 150 Å². The van der Waals surface area contributed by atoms with Gasteiger partial charge in [-0.05, 0) is 36.8 Å². The summed E-state index contributed by atoms with van der Waals surface area (Å²) < 4.78 is 19.6. The number of hydrogen-bond donors (Lipinski definition) is 2. The monoisotopic (exact) mass is 509 g/mol. The Balaban J connectivity index is 1.46. The molecule has 0 saturated carbocycles. The highest BCUT2D eigenvalue weighted by atomic mass is 19.1. The van der Waals surface area contributed by atoms with Gasteiger partial charge in [0.05, 0.1) is 12.8 Å². The zero-order valence-electron chi connectivity index (χ0n) is 20.3. The molecule has 2 N–H and O–H groups in total. The number of oxime groups is 1. The SMILES string of the molecule is CNC(=O)Cn1nc([C@H]2CC(c3cc(C(=O)NCc4ccc(F)c(OC)c4)nc(C)n3)=NO2)ccc1=O. The molecule has 0 fully saturated rings. The molecular weight excluding hydrogens is 485 g/mol. The van der Waals surface area contributed by atoms with Crippen molar-refractivity contribution in [2.75, 3.05) is 14.2 Å². The van der Waals surface area contributed by atoms with Gasteiger partial charge in [0.2, 0.25) is 5.91 Å². The number of methoxy groups -OCH3 is 1. The Kier molecular flexibility index (Phi) is 7.51. The summed E-state index contributed by atoms with van der Waals surface area (Å²) in [5.41, 5.74) is 1.65. The molecule has 12 nitrogen and oxygen atoms in total. The fourth-order valence-corrected chi connectivity index (χ4v) is 3.57. The van der Waals surface area contributed by atoms with Crippen LogP contribution < -0.4 is 20.9 Å². The third-order valence-electron chi connectivity index (χ3n) is 5.49. The Morgan fingerprint density at radius 1 is 1.22 bits per heavy atom. The minimum Gasteiger partial charge on any atom is -0.494 e. The number of amides is 2. The lowest BCUT2D eigenvalue weighted by molar-refractivity contribution is -0.121. The fourth-order valence-electron chi connectivity index (χ4n) is 3.57. The molecule has 192 valence electrons. The highest BCUT2D eigenvalue weighted by Crippen LogP contribution is 2.27. The second kappa shape index (κ2) is 10.9. The van der Waals surface area contributed by atoms with Gasteiger partial charge in [0.25, 0.3) is 11.5 Å². The largest absolute Gasteiger partial charge is 0.494 e. The van der Waals surface area contributed by atoms with Crippen LogP contribution in [0, 0.1) is 12.7 Å². The smallest absolute Gasteiger partial charge is 0.270 e. The summed E-state index contributed by atoms with van der Waals surface area (Å²) in [7, 11) is 2.83. The number of aromatic nitrogens is 4. The van der Waals surface area contributed by atoms with Crippen molar-refractivity contribution < 1.29 is 23.6 Å². The molecule has 1 aliphatic heterocycles. The molecule has 1 aromatic carbocycles. The van der Waals surface area contributed by atoms with Crippen LogP contribution in [-0.4, -0.2) is 51.4 Å². The highest BCUT2D eigenvalue weighted by molar-refractivity contribution is 6.02. The minimum absolute atomic E-state index is 0.0826. The van der Waals surface area contributed by atoms with Crippen molar-refractivity contribution in [1.82, 2.24) is 30.4 Å². The maximum Gasteiger partial charge on any atom is 0.270 e. The molecule has 2 aromatic heterocycles. The van der Waals surface area contributed by atoms with Crippen LogP contribution in [0.25, 0.3) is 0 Å². The lowest BCUT2D eigenvalue weighted by atomic mass is 10.1. The quantitative estimate of drug-likeness (QED) is 0.457. The number of likely N-dealkylation sites (N-methyl/N-ethyl adjacent to an activating group) is 1. The number of nitrogens with zero attached hydrogens (tertiary/aromatic N) is 5. The zero-order chi connectivity index (χ0) is 26.5. The van der Waals surface area contributed by atoms with Gasteiger partial charge in [0.15, 0.2) is 17.7 Å². The van der Waals surface area contributed by atoms with Crippen molar-refractivity contribution in [1.29, 1.82) is 0 Å². The molecule has 4 rings (SSSR count). The summed E-state index contributed by atoms with van der Waals surface area (Å²) in [4.78, 5) is 50.6. The number of rotatable bonds is 8. The normalized spacial score (nSPS) is 14.5. The first kappa shape index (κ1) is 25.4. The van der Waals surface area contributed by atoms with Crippen molar-refractivity contribution in [3.8, 4) is 5.75 Å². The number of benzene rings is 1. The number of nitrogens with one attached hydrogen (secondary N) is 2.